The normalized spacial score (nSPS) is 11.3. The van der Waals surface area contributed by atoms with Gasteiger partial charge < -0.3 is 15.1 Å². The Morgan fingerprint density at radius 3 is 1.83 bits per heavy atom. The van der Waals surface area contributed by atoms with Crippen LogP contribution in [-0.4, -0.2) is 47.3 Å². The van der Waals surface area contributed by atoms with Gasteiger partial charge >= 0.3 is 0 Å². The number of carbonyl (C=O) groups excluding carboxylic acids is 1. The third kappa shape index (κ3) is 14.7. The molecule has 0 rings (SSSR count). The van der Waals surface area contributed by atoms with Crippen LogP contribution < -0.4 is 0 Å². The second kappa shape index (κ2) is 18.5. The maximum Gasteiger partial charge on any atom is 0.222 e. The van der Waals surface area contributed by atoms with Gasteiger partial charge in [0.05, 0.1) is 13.2 Å². The Hall–Kier alpha value is -0.870. The zero-order chi connectivity index (χ0) is 17.9. The molecule has 0 aromatic rings. The smallest absolute Gasteiger partial charge is 0.222 e. The maximum absolute atomic E-state index is 11.9. The summed E-state index contributed by atoms with van der Waals surface area (Å²) >= 11 is 0. The quantitative estimate of drug-likeness (QED) is 0.310. The molecule has 0 saturated carbocycles. The first-order valence-corrected chi connectivity index (χ1v) is 9.90. The standard InChI is InChI=1S/C20H39NO3/c1-2-3-4-5-6-7-8-9-10-11-12-13-14-15-20(24)21(16-18-22)17-19-23/h7-8,22-23H,2-6,9-19H2,1H3/b8-7-. The van der Waals surface area contributed by atoms with Crippen LogP contribution in [0.4, 0.5) is 0 Å². The summed E-state index contributed by atoms with van der Waals surface area (Å²) in [5.41, 5.74) is 0. The lowest BCUT2D eigenvalue weighted by atomic mass is 10.1. The number of nitrogens with zero attached hydrogens (tertiary/aromatic N) is 1. The molecule has 0 saturated heterocycles. The van der Waals surface area contributed by atoms with Crippen LogP contribution in [0, 0.1) is 0 Å². The van der Waals surface area contributed by atoms with Crippen LogP contribution in [0.3, 0.4) is 0 Å². The molecule has 0 fully saturated rings. The van der Waals surface area contributed by atoms with Crippen LogP contribution in [0.1, 0.15) is 84.0 Å². The maximum atomic E-state index is 11.9. The number of amides is 1. The summed E-state index contributed by atoms with van der Waals surface area (Å²) in [6.45, 7) is 2.80. The molecule has 4 heteroatoms. The van der Waals surface area contributed by atoms with Crippen LogP contribution >= 0.6 is 0 Å². The Morgan fingerprint density at radius 2 is 1.29 bits per heavy atom. The first-order chi connectivity index (χ1) is 11.8. The second-order valence-electron chi connectivity index (χ2n) is 6.46. The van der Waals surface area contributed by atoms with E-state index in [4.69, 9.17) is 10.2 Å². The highest BCUT2D eigenvalue weighted by Crippen LogP contribution is 2.10. The van der Waals surface area contributed by atoms with E-state index < -0.39 is 0 Å². The molecular weight excluding hydrogens is 302 g/mol. The minimum Gasteiger partial charge on any atom is -0.395 e. The van der Waals surface area contributed by atoms with Crippen LogP contribution in [0.5, 0.6) is 0 Å². The predicted octanol–water partition coefficient (Wildman–Crippen LogP) is 4.06. The van der Waals surface area contributed by atoms with E-state index in [-0.39, 0.29) is 19.1 Å². The van der Waals surface area contributed by atoms with Gasteiger partial charge in [-0.1, -0.05) is 57.6 Å². The van der Waals surface area contributed by atoms with E-state index in [1.807, 2.05) is 0 Å². The molecule has 0 heterocycles. The summed E-state index contributed by atoms with van der Waals surface area (Å²) < 4.78 is 0. The fourth-order valence-electron chi connectivity index (χ4n) is 2.75. The Kier molecular flexibility index (Phi) is 17.8. The van der Waals surface area contributed by atoms with E-state index >= 15 is 0 Å². The third-order valence-electron chi connectivity index (χ3n) is 4.24. The highest BCUT2D eigenvalue weighted by molar-refractivity contribution is 5.76. The SMILES string of the molecule is CCCCCC/C=C\CCCCCCCC(=O)N(CCO)CCO. The molecule has 0 atom stereocenters. The van der Waals surface area contributed by atoms with Gasteiger partial charge in [-0.3, -0.25) is 4.79 Å². The van der Waals surface area contributed by atoms with Gasteiger partial charge in [0.25, 0.3) is 0 Å². The van der Waals surface area contributed by atoms with E-state index in [9.17, 15) is 4.79 Å². The van der Waals surface area contributed by atoms with E-state index in [2.05, 4.69) is 19.1 Å². The Balaban J connectivity index is 3.43. The monoisotopic (exact) mass is 341 g/mol. The molecule has 0 unspecified atom stereocenters. The molecule has 0 aromatic heterocycles. The summed E-state index contributed by atoms with van der Waals surface area (Å²) in [6.07, 6.45) is 18.5. The van der Waals surface area contributed by atoms with Crippen molar-refractivity contribution in [2.75, 3.05) is 26.3 Å². The van der Waals surface area contributed by atoms with Crippen LogP contribution in [0.2, 0.25) is 0 Å². The molecule has 0 aliphatic rings. The average molecular weight is 342 g/mol. The van der Waals surface area contributed by atoms with Gasteiger partial charge in [0.2, 0.25) is 5.91 Å². The van der Waals surface area contributed by atoms with Gasteiger partial charge in [-0.15, -0.1) is 0 Å². The molecule has 0 aromatic carbocycles. The molecule has 142 valence electrons. The van der Waals surface area contributed by atoms with E-state index in [1.54, 1.807) is 4.90 Å². The highest BCUT2D eigenvalue weighted by atomic mass is 16.3. The minimum absolute atomic E-state index is 0.0438. The fraction of sp³-hybridized carbons (Fsp3) is 0.850. The number of carbonyl (C=O) groups is 1. The molecule has 0 aliphatic carbocycles. The minimum atomic E-state index is -0.0438. The van der Waals surface area contributed by atoms with Gasteiger partial charge in [-0.25, -0.2) is 0 Å². The molecule has 0 radical (unpaired) electrons. The fourth-order valence-corrected chi connectivity index (χ4v) is 2.75. The average Bonchev–Trinajstić information content (AvgIpc) is 2.58. The number of unbranched alkanes of at least 4 members (excludes halogenated alkanes) is 9. The van der Waals surface area contributed by atoms with Crippen molar-refractivity contribution in [2.45, 2.75) is 84.0 Å². The van der Waals surface area contributed by atoms with Gasteiger partial charge in [-0.05, 0) is 32.1 Å². The van der Waals surface area contributed by atoms with Crippen molar-refractivity contribution in [3.05, 3.63) is 12.2 Å². The topological polar surface area (TPSA) is 60.8 Å². The van der Waals surface area contributed by atoms with Crippen molar-refractivity contribution in [1.29, 1.82) is 0 Å². The van der Waals surface area contributed by atoms with Gasteiger partial charge in [0.1, 0.15) is 0 Å². The van der Waals surface area contributed by atoms with E-state index in [0.29, 0.717) is 19.5 Å². The van der Waals surface area contributed by atoms with Crippen molar-refractivity contribution in [1.82, 2.24) is 4.90 Å². The van der Waals surface area contributed by atoms with E-state index in [1.165, 1.54) is 57.8 Å². The molecule has 0 bridgehead atoms. The molecule has 0 aliphatic heterocycles. The Morgan fingerprint density at radius 1 is 0.792 bits per heavy atom. The third-order valence-corrected chi connectivity index (χ3v) is 4.24. The molecule has 2 N–H and O–H groups in total. The molecule has 0 spiro atoms. The van der Waals surface area contributed by atoms with Crippen molar-refractivity contribution in [3.8, 4) is 0 Å². The number of aliphatic hydroxyl groups is 2. The van der Waals surface area contributed by atoms with Gasteiger partial charge in [0.15, 0.2) is 0 Å². The highest BCUT2D eigenvalue weighted by Gasteiger charge is 2.11. The molecule has 1 amide bonds. The van der Waals surface area contributed by atoms with Crippen molar-refractivity contribution < 1.29 is 15.0 Å². The zero-order valence-corrected chi connectivity index (χ0v) is 15.7. The van der Waals surface area contributed by atoms with Crippen LogP contribution in [-0.2, 0) is 4.79 Å². The summed E-state index contributed by atoms with van der Waals surface area (Å²) in [7, 11) is 0. The number of hydrogen-bond acceptors (Lipinski definition) is 3. The lowest BCUT2D eigenvalue weighted by molar-refractivity contribution is -0.132. The lowest BCUT2D eigenvalue weighted by Crippen LogP contribution is -2.35. The number of allylic oxidation sites excluding steroid dienone is 2. The molecule has 24 heavy (non-hydrogen) atoms. The lowest BCUT2D eigenvalue weighted by Gasteiger charge is -2.20. The zero-order valence-electron chi connectivity index (χ0n) is 15.7. The van der Waals surface area contributed by atoms with E-state index in [0.717, 1.165) is 12.8 Å². The predicted molar refractivity (Wildman–Crippen MR) is 101 cm³/mol. The summed E-state index contributed by atoms with van der Waals surface area (Å²) in [5, 5.41) is 17.8. The van der Waals surface area contributed by atoms with Crippen LogP contribution in [0.15, 0.2) is 12.2 Å². The number of hydrogen-bond donors (Lipinski definition) is 2. The van der Waals surface area contributed by atoms with Crippen molar-refractivity contribution >= 4 is 5.91 Å². The number of aliphatic hydroxyl groups excluding tert-OH is 2. The van der Waals surface area contributed by atoms with Gasteiger partial charge in [0, 0.05) is 19.5 Å². The van der Waals surface area contributed by atoms with Crippen molar-refractivity contribution in [3.63, 3.8) is 0 Å². The molecular formula is C20H39NO3. The summed E-state index contributed by atoms with van der Waals surface area (Å²) in [4.78, 5) is 13.5. The van der Waals surface area contributed by atoms with Crippen molar-refractivity contribution in [2.24, 2.45) is 0 Å². The Bertz CT molecular complexity index is 299. The largest absolute Gasteiger partial charge is 0.395 e. The first-order valence-electron chi connectivity index (χ1n) is 9.90. The summed E-state index contributed by atoms with van der Waals surface area (Å²) in [6, 6.07) is 0. The Labute approximate surface area is 148 Å². The first kappa shape index (κ1) is 23.1. The number of rotatable bonds is 17. The summed E-state index contributed by atoms with van der Waals surface area (Å²) in [5.74, 6) is 0.0455. The molecule has 4 nitrogen and oxygen atoms in total. The second-order valence-corrected chi connectivity index (χ2v) is 6.46. The van der Waals surface area contributed by atoms with Crippen LogP contribution in [0.25, 0.3) is 0 Å². The van der Waals surface area contributed by atoms with Gasteiger partial charge in [-0.2, -0.15) is 0 Å².